The Morgan fingerprint density at radius 2 is 2.07 bits per heavy atom. The van der Waals surface area contributed by atoms with E-state index in [1.54, 1.807) is 18.2 Å². The monoisotopic (exact) mass is 369 g/mol. The topological polar surface area (TPSA) is 82.5 Å². The molecule has 1 amide bonds. The van der Waals surface area contributed by atoms with Crippen molar-refractivity contribution in [1.82, 2.24) is 14.9 Å². The number of aromatic nitrogens is 2. The number of ether oxygens (including phenoxy) is 2. The highest BCUT2D eigenvalue weighted by Crippen LogP contribution is 2.30. The van der Waals surface area contributed by atoms with Gasteiger partial charge in [-0.2, -0.15) is 0 Å². The highest BCUT2D eigenvalue weighted by molar-refractivity contribution is 5.81. The van der Waals surface area contributed by atoms with E-state index in [1.807, 2.05) is 6.07 Å². The Kier molecular flexibility index (Phi) is 4.45. The van der Waals surface area contributed by atoms with Crippen LogP contribution in [0.5, 0.6) is 11.5 Å². The molecule has 0 aliphatic carbocycles. The van der Waals surface area contributed by atoms with Gasteiger partial charge in [-0.05, 0) is 30.3 Å². The van der Waals surface area contributed by atoms with E-state index in [1.165, 1.54) is 23.0 Å². The zero-order valence-electron chi connectivity index (χ0n) is 14.2. The van der Waals surface area contributed by atoms with Gasteiger partial charge in [0.25, 0.3) is 11.5 Å². The van der Waals surface area contributed by atoms with Gasteiger partial charge in [-0.25, -0.2) is 9.37 Å². The van der Waals surface area contributed by atoms with Crippen molar-refractivity contribution < 1.29 is 18.7 Å². The van der Waals surface area contributed by atoms with E-state index < -0.39 is 11.9 Å². The van der Waals surface area contributed by atoms with Crippen LogP contribution < -0.4 is 20.3 Å². The lowest BCUT2D eigenvalue weighted by Gasteiger charge is -2.25. The van der Waals surface area contributed by atoms with E-state index in [-0.39, 0.29) is 36.5 Å². The molecule has 0 bridgehead atoms. The van der Waals surface area contributed by atoms with Crippen molar-refractivity contribution in [3.05, 3.63) is 65.0 Å². The average Bonchev–Trinajstić information content (AvgIpc) is 2.69. The van der Waals surface area contributed by atoms with Crippen molar-refractivity contribution in [3.63, 3.8) is 0 Å². The van der Waals surface area contributed by atoms with E-state index in [4.69, 9.17) is 9.47 Å². The van der Waals surface area contributed by atoms with Gasteiger partial charge in [0.15, 0.2) is 11.5 Å². The quantitative estimate of drug-likeness (QED) is 0.754. The van der Waals surface area contributed by atoms with Crippen molar-refractivity contribution in [1.29, 1.82) is 0 Å². The summed E-state index contributed by atoms with van der Waals surface area (Å²) >= 11 is 0. The summed E-state index contributed by atoms with van der Waals surface area (Å²) in [5, 5.41) is 2.91. The highest BCUT2D eigenvalue weighted by Gasteiger charge is 2.26. The van der Waals surface area contributed by atoms with Gasteiger partial charge < -0.3 is 14.8 Å². The molecule has 0 fully saturated rings. The molecule has 1 unspecified atom stereocenters. The Balaban J connectivity index is 1.39. The van der Waals surface area contributed by atoms with Crippen molar-refractivity contribution >= 4 is 16.8 Å². The average molecular weight is 369 g/mol. The summed E-state index contributed by atoms with van der Waals surface area (Å²) < 4.78 is 25.8. The first-order valence-corrected chi connectivity index (χ1v) is 8.43. The van der Waals surface area contributed by atoms with Crippen LogP contribution in [0.25, 0.3) is 10.9 Å². The summed E-state index contributed by atoms with van der Waals surface area (Å²) in [5.74, 6) is 0.281. The Hall–Kier alpha value is -3.42. The Morgan fingerprint density at radius 1 is 1.26 bits per heavy atom. The standard InChI is InChI=1S/C19H16FN3O4/c20-12-5-6-14-13(9-12)19(25)23(11-22-14)8-7-21-18(24)17-10-26-15-3-1-2-4-16(15)27-17/h1-6,9,11,17H,7-8,10H2,(H,21,24). The van der Waals surface area contributed by atoms with E-state index in [0.29, 0.717) is 17.0 Å². The summed E-state index contributed by atoms with van der Waals surface area (Å²) in [6.45, 7) is 0.510. The largest absolute Gasteiger partial charge is 0.485 e. The third kappa shape index (κ3) is 3.46. The second-order valence-electron chi connectivity index (χ2n) is 6.06. The molecule has 27 heavy (non-hydrogen) atoms. The third-order valence-corrected chi connectivity index (χ3v) is 4.24. The molecule has 0 saturated carbocycles. The van der Waals surface area contributed by atoms with Gasteiger partial charge in [0.05, 0.1) is 17.2 Å². The molecule has 0 radical (unpaired) electrons. The summed E-state index contributed by atoms with van der Waals surface area (Å²) in [6, 6.07) is 11.0. The molecule has 2 aromatic carbocycles. The summed E-state index contributed by atoms with van der Waals surface area (Å²) in [6.07, 6.45) is 0.617. The van der Waals surface area contributed by atoms with Crippen LogP contribution in [0.4, 0.5) is 4.39 Å². The van der Waals surface area contributed by atoms with Gasteiger partial charge in [-0.1, -0.05) is 12.1 Å². The van der Waals surface area contributed by atoms with Crippen LogP contribution in [0.2, 0.25) is 0 Å². The Bertz CT molecular complexity index is 1070. The molecular formula is C19H16FN3O4. The second kappa shape index (κ2) is 7.06. The van der Waals surface area contributed by atoms with Crippen LogP contribution in [0.3, 0.4) is 0 Å². The lowest BCUT2D eigenvalue weighted by atomic mass is 10.2. The number of benzene rings is 2. The molecule has 0 spiro atoms. The fourth-order valence-corrected chi connectivity index (χ4v) is 2.85. The second-order valence-corrected chi connectivity index (χ2v) is 6.06. The fourth-order valence-electron chi connectivity index (χ4n) is 2.85. The Morgan fingerprint density at radius 3 is 2.93 bits per heavy atom. The number of carbonyl (C=O) groups is 1. The summed E-state index contributed by atoms with van der Waals surface area (Å²) in [7, 11) is 0. The number of hydrogen-bond acceptors (Lipinski definition) is 5. The first kappa shape index (κ1) is 17.0. The number of carbonyl (C=O) groups excluding carboxylic acids is 1. The van der Waals surface area contributed by atoms with Crippen molar-refractivity contribution in [2.75, 3.05) is 13.2 Å². The van der Waals surface area contributed by atoms with Crippen molar-refractivity contribution in [3.8, 4) is 11.5 Å². The molecule has 2 heterocycles. The Labute approximate surface area is 153 Å². The molecule has 0 saturated heterocycles. The number of nitrogens with one attached hydrogen (secondary N) is 1. The van der Waals surface area contributed by atoms with E-state index >= 15 is 0 Å². The van der Waals surface area contributed by atoms with Gasteiger partial charge in [-0.15, -0.1) is 0 Å². The predicted molar refractivity (Wildman–Crippen MR) is 95.3 cm³/mol. The number of amides is 1. The minimum Gasteiger partial charge on any atom is -0.485 e. The summed E-state index contributed by atoms with van der Waals surface area (Å²) in [5.41, 5.74) is 0.0630. The highest BCUT2D eigenvalue weighted by atomic mass is 19.1. The van der Waals surface area contributed by atoms with Crippen LogP contribution in [0.1, 0.15) is 0 Å². The number of hydrogen-bond donors (Lipinski definition) is 1. The minimum absolute atomic E-state index is 0.111. The van der Waals surface area contributed by atoms with Crippen LogP contribution >= 0.6 is 0 Å². The van der Waals surface area contributed by atoms with E-state index in [9.17, 15) is 14.0 Å². The zero-order chi connectivity index (χ0) is 18.8. The van der Waals surface area contributed by atoms with E-state index in [2.05, 4.69) is 10.3 Å². The molecule has 3 aromatic rings. The van der Waals surface area contributed by atoms with Gasteiger partial charge in [-0.3, -0.25) is 14.2 Å². The number of para-hydroxylation sites is 2. The van der Waals surface area contributed by atoms with Crippen molar-refractivity contribution in [2.45, 2.75) is 12.6 Å². The number of halogens is 1. The van der Waals surface area contributed by atoms with Crippen LogP contribution in [0, 0.1) is 5.82 Å². The minimum atomic E-state index is -0.763. The molecular weight excluding hydrogens is 353 g/mol. The van der Waals surface area contributed by atoms with Gasteiger partial charge >= 0.3 is 0 Å². The maximum Gasteiger partial charge on any atom is 0.264 e. The molecule has 138 valence electrons. The molecule has 4 rings (SSSR count). The van der Waals surface area contributed by atoms with E-state index in [0.717, 1.165) is 6.07 Å². The van der Waals surface area contributed by atoms with Crippen LogP contribution in [0.15, 0.2) is 53.6 Å². The lowest BCUT2D eigenvalue weighted by Crippen LogP contribution is -2.45. The predicted octanol–water partition coefficient (Wildman–Crippen LogP) is 1.49. The summed E-state index contributed by atoms with van der Waals surface area (Å²) in [4.78, 5) is 28.8. The first-order valence-electron chi connectivity index (χ1n) is 8.43. The number of nitrogens with zero attached hydrogens (tertiary/aromatic N) is 2. The zero-order valence-corrected chi connectivity index (χ0v) is 14.2. The molecule has 1 aliphatic heterocycles. The van der Waals surface area contributed by atoms with Crippen molar-refractivity contribution in [2.24, 2.45) is 0 Å². The van der Waals surface area contributed by atoms with Gasteiger partial charge in [0.1, 0.15) is 12.4 Å². The molecule has 8 heteroatoms. The van der Waals surface area contributed by atoms with Gasteiger partial charge in [0, 0.05) is 13.1 Å². The van der Waals surface area contributed by atoms with Gasteiger partial charge in [0.2, 0.25) is 6.10 Å². The molecule has 1 atom stereocenters. The number of fused-ring (bicyclic) bond motifs is 2. The smallest absolute Gasteiger partial charge is 0.264 e. The maximum atomic E-state index is 13.4. The first-order chi connectivity index (χ1) is 13.1. The number of rotatable bonds is 4. The van der Waals surface area contributed by atoms with Crippen LogP contribution in [-0.4, -0.2) is 34.7 Å². The SMILES string of the molecule is O=C(NCCn1cnc2ccc(F)cc2c1=O)C1COc2ccccc2O1. The third-order valence-electron chi connectivity index (χ3n) is 4.24. The molecule has 1 aromatic heterocycles. The lowest BCUT2D eigenvalue weighted by molar-refractivity contribution is -0.130. The fraction of sp³-hybridized carbons (Fsp3) is 0.211. The maximum absolute atomic E-state index is 13.4. The normalized spacial score (nSPS) is 15.5. The molecule has 1 aliphatic rings. The van der Waals surface area contributed by atoms with Crippen LogP contribution in [-0.2, 0) is 11.3 Å². The molecule has 7 nitrogen and oxygen atoms in total. The molecule has 1 N–H and O–H groups in total.